The van der Waals surface area contributed by atoms with Crippen molar-refractivity contribution in [3.63, 3.8) is 0 Å². The van der Waals surface area contributed by atoms with Crippen LogP contribution in [0.1, 0.15) is 0 Å². The van der Waals surface area contributed by atoms with E-state index in [1.165, 1.54) is 0 Å². The number of hydrogen-bond acceptors (Lipinski definition) is 10. The quantitative estimate of drug-likeness (QED) is 0.250. The summed E-state index contributed by atoms with van der Waals surface area (Å²) in [5.74, 6) is 0. The van der Waals surface area contributed by atoms with Gasteiger partial charge in [0.1, 0.15) is 54.9 Å². The number of hydrogen-bond donors (Lipinski definition) is 8. The Hall–Kier alpha value is -0.400. The van der Waals surface area contributed by atoms with Crippen molar-refractivity contribution in [3.05, 3.63) is 6.10 Å². The second kappa shape index (κ2) is 7.01. The van der Waals surface area contributed by atoms with E-state index < -0.39 is 74.3 Å². The Kier molecular flexibility index (Phi) is 5.72. The molecule has 2 heterocycles. The molecule has 0 aromatic carbocycles. The van der Waals surface area contributed by atoms with Crippen molar-refractivity contribution in [2.24, 2.45) is 0 Å². The molecule has 10 nitrogen and oxygen atoms in total. The lowest BCUT2D eigenvalue weighted by molar-refractivity contribution is -0.269. The second-order valence-corrected chi connectivity index (χ2v) is 5.42. The molecule has 0 spiro atoms. The Morgan fingerprint density at radius 2 is 1.23 bits per heavy atom. The molecule has 0 aromatic rings. The number of ether oxygens (including phenoxy) is 2. The van der Waals surface area contributed by atoms with Crippen LogP contribution in [0, 0.1) is 6.10 Å². The molecule has 0 bridgehead atoms. The lowest BCUT2D eigenvalue weighted by Crippen LogP contribution is -2.65. The van der Waals surface area contributed by atoms with Crippen molar-refractivity contribution in [2.75, 3.05) is 13.2 Å². The third kappa shape index (κ3) is 2.99. The number of aliphatic hydroxyl groups is 8. The summed E-state index contributed by atoms with van der Waals surface area (Å²) in [6, 6.07) is 0. The molecular weight excluding hydrogens is 304 g/mol. The minimum atomic E-state index is -1.75. The minimum Gasteiger partial charge on any atom is -0.394 e. The van der Waals surface area contributed by atoms with Crippen LogP contribution in [-0.4, -0.2) is 109 Å². The van der Waals surface area contributed by atoms with E-state index in [2.05, 4.69) is 0 Å². The molecule has 2 aliphatic rings. The van der Waals surface area contributed by atoms with Crippen molar-refractivity contribution in [1.29, 1.82) is 0 Å². The highest BCUT2D eigenvalue weighted by Gasteiger charge is 2.54. The van der Waals surface area contributed by atoms with Crippen LogP contribution in [0.25, 0.3) is 0 Å². The third-order valence-corrected chi connectivity index (χ3v) is 3.99. The molecule has 8 N–H and O–H groups in total. The standard InChI is InChI=1S/C12H21O10/c13-1-3-5(15)7(17)9(19)11(21-3)12-10(20)8(18)6(16)4(2-14)22-12/h3-11,13-20H,1-2H2/t3-,4-,5-,6-,7+,8+,9+,10+,11+/m1/s1. The third-order valence-electron chi connectivity index (χ3n) is 3.99. The summed E-state index contributed by atoms with van der Waals surface area (Å²) in [4.78, 5) is 0. The highest BCUT2D eigenvalue weighted by atomic mass is 16.6. The van der Waals surface area contributed by atoms with E-state index >= 15 is 0 Å². The van der Waals surface area contributed by atoms with E-state index in [-0.39, 0.29) is 0 Å². The van der Waals surface area contributed by atoms with Gasteiger partial charge in [0.05, 0.1) is 13.2 Å². The van der Waals surface area contributed by atoms with Crippen LogP contribution in [-0.2, 0) is 9.47 Å². The van der Waals surface area contributed by atoms with Crippen molar-refractivity contribution >= 4 is 0 Å². The monoisotopic (exact) mass is 325 g/mol. The summed E-state index contributed by atoms with van der Waals surface area (Å²) >= 11 is 0. The smallest absolute Gasteiger partial charge is 0.160 e. The molecule has 2 aliphatic heterocycles. The predicted octanol–water partition coefficient (Wildman–Crippen LogP) is -5.17. The van der Waals surface area contributed by atoms with Gasteiger partial charge >= 0.3 is 0 Å². The van der Waals surface area contributed by atoms with Crippen molar-refractivity contribution in [3.8, 4) is 0 Å². The molecule has 1 radical (unpaired) electrons. The molecule has 0 aromatic heterocycles. The molecule has 22 heavy (non-hydrogen) atoms. The van der Waals surface area contributed by atoms with Crippen LogP contribution in [0.3, 0.4) is 0 Å². The summed E-state index contributed by atoms with van der Waals surface area (Å²) in [6.45, 7) is -1.34. The maximum atomic E-state index is 9.97. The van der Waals surface area contributed by atoms with Crippen LogP contribution >= 0.6 is 0 Å². The van der Waals surface area contributed by atoms with Gasteiger partial charge in [-0.05, 0) is 0 Å². The topological polar surface area (TPSA) is 180 Å². The average Bonchev–Trinajstić information content (AvgIpc) is 2.52. The van der Waals surface area contributed by atoms with Gasteiger partial charge in [-0.15, -0.1) is 0 Å². The SMILES string of the molecule is OC[C@H]1O[C@H]([C]2O[C@H](CO)[C@@H](O)[C@H](O)[C@@H]2O)[C@@H](O)[C@@H](O)[C@@H]1O. The first kappa shape index (κ1) is 17.9. The molecule has 0 unspecified atom stereocenters. The fourth-order valence-corrected chi connectivity index (χ4v) is 2.61. The highest BCUT2D eigenvalue weighted by molar-refractivity contribution is 5.11. The first-order chi connectivity index (χ1) is 10.3. The van der Waals surface area contributed by atoms with E-state index in [9.17, 15) is 30.6 Å². The highest BCUT2D eigenvalue weighted by Crippen LogP contribution is 2.35. The Bertz CT molecular complexity index is 330. The zero-order chi connectivity index (χ0) is 16.6. The fourth-order valence-electron chi connectivity index (χ4n) is 2.61. The van der Waals surface area contributed by atoms with Gasteiger partial charge in [-0.25, -0.2) is 0 Å². The Balaban J connectivity index is 2.21. The predicted molar refractivity (Wildman–Crippen MR) is 67.0 cm³/mol. The summed E-state index contributed by atoms with van der Waals surface area (Å²) in [6.07, 6.45) is -14.3. The van der Waals surface area contributed by atoms with Gasteiger partial charge < -0.3 is 50.3 Å². The molecule has 0 aliphatic carbocycles. The van der Waals surface area contributed by atoms with Gasteiger partial charge in [-0.2, -0.15) is 0 Å². The maximum Gasteiger partial charge on any atom is 0.160 e. The summed E-state index contributed by atoms with van der Waals surface area (Å²) in [7, 11) is 0. The lowest BCUT2D eigenvalue weighted by atomic mass is 9.86. The lowest BCUT2D eigenvalue weighted by Gasteiger charge is -2.47. The Morgan fingerprint density at radius 3 is 1.77 bits per heavy atom. The van der Waals surface area contributed by atoms with Crippen molar-refractivity contribution < 1.29 is 50.3 Å². The van der Waals surface area contributed by atoms with Gasteiger partial charge in [-0.3, -0.25) is 0 Å². The summed E-state index contributed by atoms with van der Waals surface area (Å²) in [5, 5.41) is 77.0. The van der Waals surface area contributed by atoms with Gasteiger partial charge in [-0.1, -0.05) is 0 Å². The molecule has 0 amide bonds. The molecular formula is C12H21O10. The van der Waals surface area contributed by atoms with Gasteiger partial charge in [0.15, 0.2) is 6.10 Å². The summed E-state index contributed by atoms with van der Waals surface area (Å²) in [5.41, 5.74) is 0. The van der Waals surface area contributed by atoms with E-state index in [1.54, 1.807) is 0 Å². The summed E-state index contributed by atoms with van der Waals surface area (Å²) < 4.78 is 10.4. The van der Waals surface area contributed by atoms with Crippen LogP contribution < -0.4 is 0 Å². The van der Waals surface area contributed by atoms with Gasteiger partial charge in [0, 0.05) is 0 Å². The molecule has 2 rings (SSSR count). The first-order valence-electron chi connectivity index (χ1n) is 6.82. The van der Waals surface area contributed by atoms with Crippen LogP contribution in [0.15, 0.2) is 0 Å². The molecule has 129 valence electrons. The first-order valence-corrected chi connectivity index (χ1v) is 6.82. The normalized spacial score (nSPS) is 51.0. The Morgan fingerprint density at radius 1 is 0.682 bits per heavy atom. The number of rotatable bonds is 3. The fraction of sp³-hybridized carbons (Fsp3) is 0.917. The van der Waals surface area contributed by atoms with Crippen molar-refractivity contribution in [2.45, 2.75) is 54.9 Å². The van der Waals surface area contributed by atoms with E-state index in [1.807, 2.05) is 0 Å². The molecule has 2 saturated heterocycles. The second-order valence-electron chi connectivity index (χ2n) is 5.42. The van der Waals surface area contributed by atoms with Crippen LogP contribution in [0.4, 0.5) is 0 Å². The minimum absolute atomic E-state index is 0.409. The van der Waals surface area contributed by atoms with E-state index in [4.69, 9.17) is 19.7 Å². The average molecular weight is 325 g/mol. The molecule has 10 heteroatoms. The van der Waals surface area contributed by atoms with E-state index in [0.29, 0.717) is 0 Å². The molecule has 2 fully saturated rings. The Labute approximate surface area is 125 Å². The molecule has 0 saturated carbocycles. The van der Waals surface area contributed by atoms with Crippen LogP contribution in [0.5, 0.6) is 0 Å². The van der Waals surface area contributed by atoms with E-state index in [0.717, 1.165) is 0 Å². The van der Waals surface area contributed by atoms with Crippen LogP contribution in [0.2, 0.25) is 0 Å². The zero-order valence-corrected chi connectivity index (χ0v) is 11.5. The number of aliphatic hydroxyl groups excluding tert-OH is 8. The zero-order valence-electron chi connectivity index (χ0n) is 11.5. The van der Waals surface area contributed by atoms with Crippen molar-refractivity contribution in [1.82, 2.24) is 0 Å². The van der Waals surface area contributed by atoms with Gasteiger partial charge in [0.2, 0.25) is 0 Å². The largest absolute Gasteiger partial charge is 0.394 e. The maximum absolute atomic E-state index is 9.97. The molecule has 9 atom stereocenters. The van der Waals surface area contributed by atoms with Gasteiger partial charge in [0.25, 0.3) is 0 Å².